The third kappa shape index (κ3) is 5.54. The lowest BCUT2D eigenvalue weighted by Crippen LogP contribution is -2.46. The van der Waals surface area contributed by atoms with E-state index in [2.05, 4.69) is 15.3 Å². The summed E-state index contributed by atoms with van der Waals surface area (Å²) in [6.07, 6.45) is 1.84. The van der Waals surface area contributed by atoms with Crippen LogP contribution in [0.4, 0.5) is 0 Å². The lowest BCUT2D eigenvalue weighted by atomic mass is 10.2. The predicted octanol–water partition coefficient (Wildman–Crippen LogP) is 3.70. The Kier molecular flexibility index (Phi) is 6.38. The van der Waals surface area contributed by atoms with E-state index in [1.54, 1.807) is 0 Å². The highest BCUT2D eigenvalue weighted by Gasteiger charge is 2.36. The minimum Gasteiger partial charge on any atom is -0.469 e. The lowest BCUT2D eigenvalue weighted by molar-refractivity contribution is -0.140. The van der Waals surface area contributed by atoms with Gasteiger partial charge in [0.25, 0.3) is 0 Å². The number of esters is 1. The number of carbonyl (C=O) groups excluding carboxylic acids is 1. The molecule has 11 heteroatoms. The van der Waals surface area contributed by atoms with Crippen molar-refractivity contribution in [2.24, 2.45) is 5.10 Å². The smallest absolute Gasteiger partial charge is 0.305 e. The van der Waals surface area contributed by atoms with Gasteiger partial charge in [-0.05, 0) is 12.5 Å². The minimum atomic E-state index is -1.90. The number of hydrazine groups is 1. The molecule has 5 nitrogen and oxygen atoms in total. The number of hydrazone groups is 1. The van der Waals surface area contributed by atoms with Crippen molar-refractivity contribution in [1.29, 1.82) is 0 Å². The second kappa shape index (κ2) is 6.99. The number of allylic oxidation sites excluding steroid dienone is 2. The van der Waals surface area contributed by atoms with Gasteiger partial charge in [-0.15, -0.1) is 0 Å². The van der Waals surface area contributed by atoms with E-state index in [-0.39, 0.29) is 18.6 Å². The molecule has 0 unspecified atom stereocenters. The van der Waals surface area contributed by atoms with Crippen LogP contribution in [0.15, 0.2) is 16.9 Å². The van der Waals surface area contributed by atoms with Crippen molar-refractivity contribution >= 4 is 81.3 Å². The van der Waals surface area contributed by atoms with Crippen molar-refractivity contribution in [2.75, 3.05) is 7.11 Å². The first kappa shape index (κ1) is 18.3. The average molecular weight is 404 g/mol. The lowest BCUT2D eigenvalue weighted by Gasteiger charge is -2.33. The Hall–Kier alpha value is 0.220. The Morgan fingerprint density at radius 3 is 2.40 bits per heavy atom. The predicted molar refractivity (Wildman–Crippen MR) is 82.3 cm³/mol. The van der Waals surface area contributed by atoms with Crippen LogP contribution in [0.25, 0.3) is 0 Å². The van der Waals surface area contributed by atoms with Gasteiger partial charge in [0.05, 0.1) is 13.5 Å². The number of nitrogens with zero attached hydrogens (tertiary/aromatic N) is 2. The Morgan fingerprint density at radius 2 is 1.95 bits per heavy atom. The third-order valence-corrected chi connectivity index (χ3v) is 3.19. The van der Waals surface area contributed by atoms with E-state index in [1.165, 1.54) is 13.2 Å². The minimum absolute atomic E-state index is 0.0486. The van der Waals surface area contributed by atoms with Gasteiger partial charge < -0.3 is 4.74 Å². The van der Waals surface area contributed by atoms with Crippen LogP contribution in [0.5, 0.6) is 0 Å². The SMILES string of the molecule is COC(=O)CCC1=CC(C(Cl)(Cl)Cl)=NN(C(Cl)(Cl)Cl)N1. The van der Waals surface area contributed by atoms with Gasteiger partial charge >= 0.3 is 9.89 Å². The molecular weight excluding hydrogens is 395 g/mol. The normalized spacial score (nSPS) is 16.2. The van der Waals surface area contributed by atoms with Crippen molar-refractivity contribution in [3.05, 3.63) is 11.8 Å². The number of carbonyl (C=O) groups is 1. The van der Waals surface area contributed by atoms with E-state index in [1.807, 2.05) is 0 Å². The average Bonchev–Trinajstić information content (AvgIpc) is 2.33. The Bertz CT molecular complexity index is 440. The summed E-state index contributed by atoms with van der Waals surface area (Å²) in [6.45, 7) is 0. The zero-order chi connectivity index (χ0) is 15.6. The van der Waals surface area contributed by atoms with Gasteiger partial charge in [0.15, 0.2) is 0 Å². The summed E-state index contributed by atoms with van der Waals surface area (Å²) < 4.78 is 0.840. The van der Waals surface area contributed by atoms with Crippen LogP contribution in [-0.2, 0) is 9.53 Å². The number of hydrogen-bond acceptors (Lipinski definition) is 5. The van der Waals surface area contributed by atoms with Gasteiger partial charge in [0.2, 0.25) is 3.79 Å². The Labute approximate surface area is 145 Å². The first-order valence-electron chi connectivity index (χ1n) is 5.11. The molecule has 0 atom stereocenters. The quantitative estimate of drug-likeness (QED) is 0.443. The topological polar surface area (TPSA) is 53.9 Å². The second-order valence-corrected chi connectivity index (χ2v) is 8.12. The standard InChI is InChI=1S/C9H9Cl6N3O2/c1-20-7(19)3-2-5-4-6(8(10,11)12)17-18(16-5)9(13,14)15/h4,16H,2-3H2,1H3. The van der Waals surface area contributed by atoms with Crippen LogP contribution in [0, 0.1) is 0 Å². The summed E-state index contributed by atoms with van der Waals surface area (Å²) in [5.74, 6) is -0.397. The number of rotatable bonds is 3. The van der Waals surface area contributed by atoms with E-state index in [0.717, 1.165) is 5.12 Å². The third-order valence-electron chi connectivity index (χ3n) is 2.12. The van der Waals surface area contributed by atoms with Crippen molar-refractivity contribution in [3.63, 3.8) is 0 Å². The molecule has 0 saturated heterocycles. The molecule has 1 heterocycles. The molecule has 0 aromatic heterocycles. The first-order valence-corrected chi connectivity index (χ1v) is 7.37. The summed E-state index contributed by atoms with van der Waals surface area (Å²) in [7, 11) is 1.28. The Morgan fingerprint density at radius 1 is 1.35 bits per heavy atom. The van der Waals surface area contributed by atoms with Crippen LogP contribution in [0.1, 0.15) is 12.8 Å². The van der Waals surface area contributed by atoms with Crippen molar-refractivity contribution < 1.29 is 9.53 Å². The van der Waals surface area contributed by atoms with E-state index in [4.69, 9.17) is 69.6 Å². The molecule has 1 aliphatic rings. The molecule has 0 bridgehead atoms. The summed E-state index contributed by atoms with van der Waals surface area (Å²) >= 11 is 34.5. The van der Waals surface area contributed by atoms with Crippen molar-refractivity contribution in [1.82, 2.24) is 10.5 Å². The number of methoxy groups -OCH3 is 1. The largest absolute Gasteiger partial charge is 0.469 e. The molecule has 0 aromatic carbocycles. The molecule has 0 aliphatic carbocycles. The summed E-state index contributed by atoms with van der Waals surface area (Å²) in [6, 6.07) is 0. The number of alkyl halides is 6. The maximum atomic E-state index is 11.1. The molecule has 1 aliphatic heterocycles. The Balaban J connectivity index is 2.93. The fourth-order valence-corrected chi connectivity index (χ4v) is 1.74. The second-order valence-electron chi connectivity index (χ2n) is 3.62. The highest BCUT2D eigenvalue weighted by Crippen LogP contribution is 2.35. The molecular formula is C9H9Cl6N3O2. The van der Waals surface area contributed by atoms with E-state index < -0.39 is 13.7 Å². The molecule has 1 N–H and O–H groups in total. The molecule has 1 rings (SSSR count). The molecule has 0 spiro atoms. The number of nitrogens with one attached hydrogen (secondary N) is 1. The van der Waals surface area contributed by atoms with Gasteiger partial charge in [0, 0.05) is 5.70 Å². The zero-order valence-corrected chi connectivity index (χ0v) is 14.5. The van der Waals surface area contributed by atoms with Crippen LogP contribution >= 0.6 is 69.6 Å². The van der Waals surface area contributed by atoms with Gasteiger partial charge in [-0.2, -0.15) is 10.2 Å². The monoisotopic (exact) mass is 401 g/mol. The maximum Gasteiger partial charge on any atom is 0.305 e. The van der Waals surface area contributed by atoms with Gasteiger partial charge in [-0.25, -0.2) is 0 Å². The van der Waals surface area contributed by atoms with Gasteiger partial charge in [-0.3, -0.25) is 10.2 Å². The summed E-state index contributed by atoms with van der Waals surface area (Å²) in [5.41, 5.74) is 3.24. The summed E-state index contributed by atoms with van der Waals surface area (Å²) in [5, 5.41) is 4.78. The van der Waals surface area contributed by atoms with Gasteiger partial charge in [-0.1, -0.05) is 69.6 Å². The molecule has 0 saturated carbocycles. The van der Waals surface area contributed by atoms with Crippen molar-refractivity contribution in [2.45, 2.75) is 20.6 Å². The summed E-state index contributed by atoms with van der Waals surface area (Å²) in [4.78, 5) is 11.1. The van der Waals surface area contributed by atoms with Gasteiger partial charge in [0.1, 0.15) is 5.71 Å². The van der Waals surface area contributed by atoms with Crippen molar-refractivity contribution in [3.8, 4) is 0 Å². The fourth-order valence-electron chi connectivity index (χ4n) is 1.22. The number of halogens is 6. The number of hydrogen-bond donors (Lipinski definition) is 1. The highest BCUT2D eigenvalue weighted by molar-refractivity contribution is 6.77. The molecule has 114 valence electrons. The molecule has 0 fully saturated rings. The zero-order valence-electron chi connectivity index (χ0n) is 9.97. The van der Waals surface area contributed by atoms with E-state index >= 15 is 0 Å². The van der Waals surface area contributed by atoms with E-state index in [0.29, 0.717) is 5.70 Å². The number of ether oxygens (including phenoxy) is 1. The highest BCUT2D eigenvalue weighted by atomic mass is 35.6. The van der Waals surface area contributed by atoms with E-state index in [9.17, 15) is 4.79 Å². The maximum absolute atomic E-state index is 11.1. The van der Waals surface area contributed by atoms with Crippen LogP contribution in [-0.4, -0.2) is 31.6 Å². The first-order chi connectivity index (χ1) is 9.04. The van der Waals surface area contributed by atoms with Crippen LogP contribution < -0.4 is 5.43 Å². The molecule has 0 radical (unpaired) electrons. The van der Waals surface area contributed by atoms with Crippen LogP contribution in [0.3, 0.4) is 0 Å². The molecule has 0 amide bonds. The molecule has 20 heavy (non-hydrogen) atoms. The van der Waals surface area contributed by atoms with Crippen LogP contribution in [0.2, 0.25) is 0 Å². The fraction of sp³-hybridized carbons (Fsp3) is 0.556. The molecule has 0 aromatic rings.